The SMILES string of the molecule is CC1CN(c2ccc(CNC(=O)c3csc(-c4ccsc4)n3)cn2)CC(C)O1. The van der Waals surface area contributed by atoms with Crippen LogP contribution in [0.1, 0.15) is 29.9 Å². The molecule has 3 aromatic rings. The standard InChI is InChI=1S/C20H22N4O2S2/c1-13-9-24(10-14(2)26-13)18-4-3-15(7-21-18)8-22-19(25)17-12-28-20(23-17)16-5-6-27-11-16/h3-7,11-14H,8-10H2,1-2H3,(H,22,25). The molecule has 0 spiro atoms. The molecule has 4 heterocycles. The Kier molecular flexibility index (Phi) is 5.70. The van der Waals surface area contributed by atoms with Gasteiger partial charge < -0.3 is 15.0 Å². The van der Waals surface area contributed by atoms with E-state index in [4.69, 9.17) is 4.74 Å². The summed E-state index contributed by atoms with van der Waals surface area (Å²) in [6.45, 7) is 6.25. The van der Waals surface area contributed by atoms with Gasteiger partial charge in [0.2, 0.25) is 0 Å². The average molecular weight is 415 g/mol. The number of rotatable bonds is 5. The third-order valence-electron chi connectivity index (χ3n) is 4.51. The molecule has 1 aliphatic rings. The molecule has 0 radical (unpaired) electrons. The summed E-state index contributed by atoms with van der Waals surface area (Å²) in [7, 11) is 0. The van der Waals surface area contributed by atoms with E-state index in [-0.39, 0.29) is 18.1 Å². The predicted molar refractivity (Wildman–Crippen MR) is 113 cm³/mol. The Morgan fingerprint density at radius 2 is 2.07 bits per heavy atom. The van der Waals surface area contributed by atoms with Crippen LogP contribution in [-0.2, 0) is 11.3 Å². The summed E-state index contributed by atoms with van der Waals surface area (Å²) >= 11 is 3.10. The number of anilines is 1. The van der Waals surface area contributed by atoms with Gasteiger partial charge in [-0.25, -0.2) is 9.97 Å². The summed E-state index contributed by atoms with van der Waals surface area (Å²) in [6.07, 6.45) is 2.21. The number of thiazole rings is 1. The molecule has 28 heavy (non-hydrogen) atoms. The van der Waals surface area contributed by atoms with Crippen molar-refractivity contribution in [3.63, 3.8) is 0 Å². The lowest BCUT2D eigenvalue weighted by Crippen LogP contribution is -2.45. The maximum Gasteiger partial charge on any atom is 0.271 e. The number of carbonyl (C=O) groups is 1. The second-order valence-corrected chi connectivity index (χ2v) is 8.56. The van der Waals surface area contributed by atoms with Crippen LogP contribution >= 0.6 is 22.7 Å². The first kappa shape index (κ1) is 19.0. The normalized spacial score (nSPS) is 19.6. The van der Waals surface area contributed by atoms with Crippen molar-refractivity contribution in [1.82, 2.24) is 15.3 Å². The summed E-state index contributed by atoms with van der Waals surface area (Å²) in [5.74, 6) is 0.773. The maximum absolute atomic E-state index is 12.4. The Labute approximate surface area is 172 Å². The van der Waals surface area contributed by atoms with Crippen LogP contribution in [0.25, 0.3) is 10.6 Å². The van der Waals surface area contributed by atoms with Crippen LogP contribution in [0.15, 0.2) is 40.5 Å². The van der Waals surface area contributed by atoms with Crippen LogP contribution in [0.2, 0.25) is 0 Å². The number of hydrogen-bond donors (Lipinski definition) is 1. The van der Waals surface area contributed by atoms with Gasteiger partial charge in [-0.15, -0.1) is 11.3 Å². The lowest BCUT2D eigenvalue weighted by atomic mass is 10.2. The number of pyridine rings is 1. The van der Waals surface area contributed by atoms with Gasteiger partial charge in [-0.05, 0) is 36.9 Å². The summed E-state index contributed by atoms with van der Waals surface area (Å²) in [5, 5.41) is 9.62. The van der Waals surface area contributed by atoms with Crippen LogP contribution in [0.4, 0.5) is 5.82 Å². The number of aromatic nitrogens is 2. The third kappa shape index (κ3) is 4.40. The van der Waals surface area contributed by atoms with E-state index in [1.54, 1.807) is 16.7 Å². The van der Waals surface area contributed by atoms with Gasteiger partial charge in [0.05, 0.1) is 12.2 Å². The van der Waals surface area contributed by atoms with Crippen LogP contribution in [0.5, 0.6) is 0 Å². The number of hydrogen-bond acceptors (Lipinski definition) is 7. The molecule has 0 aromatic carbocycles. The molecule has 2 atom stereocenters. The molecular formula is C20H22N4O2S2. The largest absolute Gasteiger partial charge is 0.372 e. The third-order valence-corrected chi connectivity index (χ3v) is 6.09. The first-order valence-corrected chi connectivity index (χ1v) is 11.0. The van der Waals surface area contributed by atoms with E-state index in [1.807, 2.05) is 35.2 Å². The highest BCUT2D eigenvalue weighted by Crippen LogP contribution is 2.25. The molecule has 6 nitrogen and oxygen atoms in total. The minimum absolute atomic E-state index is 0.169. The zero-order valence-electron chi connectivity index (χ0n) is 15.8. The molecule has 1 fully saturated rings. The fourth-order valence-corrected chi connectivity index (χ4v) is 4.76. The van der Waals surface area contributed by atoms with Crippen LogP contribution < -0.4 is 10.2 Å². The van der Waals surface area contributed by atoms with E-state index in [2.05, 4.69) is 34.0 Å². The molecule has 8 heteroatoms. The Morgan fingerprint density at radius 1 is 1.25 bits per heavy atom. The first-order chi connectivity index (χ1) is 13.6. The van der Waals surface area contributed by atoms with Crippen molar-refractivity contribution in [2.24, 2.45) is 0 Å². The number of ether oxygens (including phenoxy) is 1. The maximum atomic E-state index is 12.4. The molecule has 1 N–H and O–H groups in total. The molecule has 0 aliphatic carbocycles. The van der Waals surface area contributed by atoms with Crippen molar-refractivity contribution in [3.8, 4) is 10.6 Å². The van der Waals surface area contributed by atoms with Gasteiger partial charge in [0, 0.05) is 42.2 Å². The Balaban J connectivity index is 1.34. The average Bonchev–Trinajstić information content (AvgIpc) is 3.37. The zero-order chi connectivity index (χ0) is 19.5. The Bertz CT molecular complexity index is 914. The number of nitrogens with zero attached hydrogens (tertiary/aromatic N) is 3. The van der Waals surface area contributed by atoms with Crippen LogP contribution in [0.3, 0.4) is 0 Å². The molecule has 1 amide bonds. The Hall–Kier alpha value is -2.29. The smallest absolute Gasteiger partial charge is 0.271 e. The number of amides is 1. The van der Waals surface area contributed by atoms with Crippen molar-refractivity contribution in [2.75, 3.05) is 18.0 Å². The fraction of sp³-hybridized carbons (Fsp3) is 0.350. The summed E-state index contributed by atoms with van der Waals surface area (Å²) in [4.78, 5) is 23.6. The van der Waals surface area contributed by atoms with Crippen molar-refractivity contribution in [2.45, 2.75) is 32.6 Å². The first-order valence-electron chi connectivity index (χ1n) is 9.20. The van der Waals surface area contributed by atoms with Gasteiger partial charge in [0.1, 0.15) is 16.5 Å². The number of thiophene rings is 1. The van der Waals surface area contributed by atoms with Gasteiger partial charge in [0.25, 0.3) is 5.91 Å². The summed E-state index contributed by atoms with van der Waals surface area (Å²) in [6, 6.07) is 6.02. The highest BCUT2D eigenvalue weighted by Gasteiger charge is 2.23. The monoisotopic (exact) mass is 414 g/mol. The molecule has 146 valence electrons. The highest BCUT2D eigenvalue weighted by molar-refractivity contribution is 7.14. The summed E-state index contributed by atoms with van der Waals surface area (Å²) < 4.78 is 5.77. The van der Waals surface area contributed by atoms with Gasteiger partial charge in [-0.1, -0.05) is 6.07 Å². The van der Waals surface area contributed by atoms with E-state index in [0.29, 0.717) is 12.2 Å². The van der Waals surface area contributed by atoms with Crippen molar-refractivity contribution >= 4 is 34.4 Å². The molecule has 0 bridgehead atoms. The number of morpholine rings is 1. The van der Waals surface area contributed by atoms with E-state index >= 15 is 0 Å². The van der Waals surface area contributed by atoms with Gasteiger partial charge in [0.15, 0.2) is 0 Å². The van der Waals surface area contributed by atoms with Crippen LogP contribution in [0, 0.1) is 0 Å². The quantitative estimate of drug-likeness (QED) is 0.688. The molecule has 1 aliphatic heterocycles. The Morgan fingerprint density at radius 3 is 2.75 bits per heavy atom. The van der Waals surface area contributed by atoms with Crippen molar-refractivity contribution in [3.05, 3.63) is 51.8 Å². The van der Waals surface area contributed by atoms with E-state index in [9.17, 15) is 4.79 Å². The predicted octanol–water partition coefficient (Wildman–Crippen LogP) is 3.81. The topological polar surface area (TPSA) is 67.4 Å². The molecule has 1 saturated heterocycles. The second kappa shape index (κ2) is 8.38. The van der Waals surface area contributed by atoms with Gasteiger partial charge in [-0.3, -0.25) is 4.79 Å². The molecule has 4 rings (SSSR count). The summed E-state index contributed by atoms with van der Waals surface area (Å²) in [5.41, 5.74) is 2.47. The molecule has 0 saturated carbocycles. The van der Waals surface area contributed by atoms with Gasteiger partial charge >= 0.3 is 0 Å². The second-order valence-electron chi connectivity index (χ2n) is 6.92. The number of carbonyl (C=O) groups excluding carboxylic acids is 1. The van der Waals surface area contributed by atoms with Crippen molar-refractivity contribution < 1.29 is 9.53 Å². The lowest BCUT2D eigenvalue weighted by molar-refractivity contribution is -0.00546. The lowest BCUT2D eigenvalue weighted by Gasteiger charge is -2.36. The zero-order valence-corrected chi connectivity index (χ0v) is 17.4. The van der Waals surface area contributed by atoms with Crippen molar-refractivity contribution in [1.29, 1.82) is 0 Å². The van der Waals surface area contributed by atoms with E-state index in [0.717, 1.165) is 35.0 Å². The van der Waals surface area contributed by atoms with E-state index < -0.39 is 0 Å². The fourth-order valence-electron chi connectivity index (χ4n) is 3.24. The van der Waals surface area contributed by atoms with Gasteiger partial charge in [-0.2, -0.15) is 11.3 Å². The number of nitrogens with one attached hydrogen (secondary N) is 1. The minimum Gasteiger partial charge on any atom is -0.372 e. The minimum atomic E-state index is -0.169. The van der Waals surface area contributed by atoms with E-state index in [1.165, 1.54) is 11.3 Å². The van der Waals surface area contributed by atoms with Crippen LogP contribution in [-0.4, -0.2) is 41.2 Å². The molecule has 2 unspecified atom stereocenters. The molecule has 3 aromatic heterocycles. The highest BCUT2D eigenvalue weighted by atomic mass is 32.1. The molecular weight excluding hydrogens is 392 g/mol.